The second-order valence-corrected chi connectivity index (χ2v) is 4.98. The van der Waals surface area contributed by atoms with Gasteiger partial charge in [-0.2, -0.15) is 0 Å². The van der Waals surface area contributed by atoms with Crippen LogP contribution in [0.15, 0.2) is 34.9 Å². The van der Waals surface area contributed by atoms with Crippen LogP contribution in [-0.4, -0.2) is 34.3 Å². The lowest BCUT2D eigenvalue weighted by atomic mass is 10.2. The second-order valence-electron chi connectivity index (χ2n) is 4.98. The SMILES string of the molecule is CCc1onc(C)c1NC(=O)N(CCO)Cc1ccccc1. The highest BCUT2D eigenvalue weighted by molar-refractivity contribution is 5.90. The first-order chi connectivity index (χ1) is 10.7. The lowest BCUT2D eigenvalue weighted by Crippen LogP contribution is -2.36. The number of rotatable bonds is 6. The van der Waals surface area contributed by atoms with E-state index in [1.807, 2.05) is 37.3 Å². The van der Waals surface area contributed by atoms with E-state index in [9.17, 15) is 9.90 Å². The van der Waals surface area contributed by atoms with Gasteiger partial charge in [0.1, 0.15) is 11.4 Å². The molecule has 2 N–H and O–H groups in total. The Hall–Kier alpha value is -2.34. The molecule has 1 heterocycles. The summed E-state index contributed by atoms with van der Waals surface area (Å²) in [6, 6.07) is 9.37. The van der Waals surface area contributed by atoms with Gasteiger partial charge in [0, 0.05) is 19.5 Å². The number of urea groups is 1. The van der Waals surface area contributed by atoms with Crippen LogP contribution < -0.4 is 5.32 Å². The molecule has 0 unspecified atom stereocenters. The third kappa shape index (κ3) is 3.85. The average Bonchev–Trinajstić information content (AvgIpc) is 2.88. The molecule has 118 valence electrons. The number of aliphatic hydroxyl groups excluding tert-OH is 1. The van der Waals surface area contributed by atoms with Gasteiger partial charge in [-0.15, -0.1) is 0 Å². The van der Waals surface area contributed by atoms with Crippen molar-refractivity contribution < 1.29 is 14.4 Å². The molecule has 1 aromatic heterocycles. The van der Waals surface area contributed by atoms with Crippen molar-refractivity contribution in [2.75, 3.05) is 18.5 Å². The van der Waals surface area contributed by atoms with E-state index in [-0.39, 0.29) is 19.2 Å². The van der Waals surface area contributed by atoms with Crippen LogP contribution in [0.1, 0.15) is 23.9 Å². The number of carbonyl (C=O) groups excluding carboxylic acids is 1. The van der Waals surface area contributed by atoms with Crippen LogP contribution in [0.3, 0.4) is 0 Å². The van der Waals surface area contributed by atoms with E-state index in [1.54, 1.807) is 11.8 Å². The van der Waals surface area contributed by atoms with Crippen LogP contribution in [0.4, 0.5) is 10.5 Å². The quantitative estimate of drug-likeness (QED) is 0.859. The van der Waals surface area contributed by atoms with Gasteiger partial charge in [0.05, 0.1) is 6.61 Å². The summed E-state index contributed by atoms with van der Waals surface area (Å²) in [6.07, 6.45) is 0.648. The Balaban J connectivity index is 2.11. The number of hydrogen-bond donors (Lipinski definition) is 2. The maximum absolute atomic E-state index is 12.5. The number of benzene rings is 1. The molecule has 0 bridgehead atoms. The monoisotopic (exact) mass is 303 g/mol. The highest BCUT2D eigenvalue weighted by Crippen LogP contribution is 2.21. The van der Waals surface area contributed by atoms with Gasteiger partial charge in [0.2, 0.25) is 0 Å². The Kier molecular flexibility index (Phi) is 5.55. The minimum atomic E-state index is -0.279. The fourth-order valence-corrected chi connectivity index (χ4v) is 2.18. The minimum absolute atomic E-state index is 0.0937. The highest BCUT2D eigenvalue weighted by Gasteiger charge is 2.18. The van der Waals surface area contributed by atoms with Crippen molar-refractivity contribution in [3.05, 3.63) is 47.3 Å². The van der Waals surface area contributed by atoms with Gasteiger partial charge in [-0.05, 0) is 12.5 Å². The van der Waals surface area contributed by atoms with Gasteiger partial charge < -0.3 is 19.8 Å². The Morgan fingerprint density at radius 1 is 1.36 bits per heavy atom. The number of carbonyl (C=O) groups is 1. The van der Waals surface area contributed by atoms with Gasteiger partial charge in [-0.25, -0.2) is 4.79 Å². The molecule has 2 rings (SSSR count). The fraction of sp³-hybridized carbons (Fsp3) is 0.375. The second kappa shape index (κ2) is 7.61. The Morgan fingerprint density at radius 2 is 2.09 bits per heavy atom. The van der Waals surface area contributed by atoms with Crippen molar-refractivity contribution in [2.24, 2.45) is 0 Å². The van der Waals surface area contributed by atoms with E-state index in [2.05, 4.69) is 10.5 Å². The van der Waals surface area contributed by atoms with Gasteiger partial charge >= 0.3 is 6.03 Å². The number of anilines is 1. The first-order valence-electron chi connectivity index (χ1n) is 7.31. The van der Waals surface area contributed by atoms with Crippen LogP contribution in [-0.2, 0) is 13.0 Å². The molecule has 0 saturated carbocycles. The van der Waals surface area contributed by atoms with Crippen molar-refractivity contribution in [3.63, 3.8) is 0 Å². The van der Waals surface area contributed by atoms with Gasteiger partial charge in [0.15, 0.2) is 5.76 Å². The van der Waals surface area contributed by atoms with E-state index >= 15 is 0 Å². The molecule has 0 spiro atoms. The summed E-state index contributed by atoms with van der Waals surface area (Å²) in [4.78, 5) is 14.0. The predicted molar refractivity (Wildman–Crippen MR) is 83.6 cm³/mol. The summed E-state index contributed by atoms with van der Waals surface area (Å²) in [7, 11) is 0. The molecule has 6 nitrogen and oxygen atoms in total. The number of aliphatic hydroxyl groups is 1. The maximum atomic E-state index is 12.5. The number of aromatic nitrogens is 1. The summed E-state index contributed by atoms with van der Waals surface area (Å²) in [5, 5.41) is 15.9. The van der Waals surface area contributed by atoms with Crippen molar-refractivity contribution in [3.8, 4) is 0 Å². The van der Waals surface area contributed by atoms with E-state index in [4.69, 9.17) is 4.52 Å². The molecule has 0 saturated heterocycles. The molecule has 2 aromatic rings. The Morgan fingerprint density at radius 3 is 2.73 bits per heavy atom. The number of nitrogens with zero attached hydrogens (tertiary/aromatic N) is 2. The van der Waals surface area contributed by atoms with Gasteiger partial charge in [-0.1, -0.05) is 42.4 Å². The number of amides is 2. The largest absolute Gasteiger partial charge is 0.395 e. The molecule has 0 fully saturated rings. The third-order valence-electron chi connectivity index (χ3n) is 3.36. The van der Waals surface area contributed by atoms with Gasteiger partial charge in [-0.3, -0.25) is 0 Å². The standard InChI is InChI=1S/C16H21N3O3/c1-3-14-15(12(2)18-22-14)17-16(21)19(9-10-20)11-13-7-5-4-6-8-13/h4-8,20H,3,9-11H2,1-2H3,(H,17,21). The number of hydrogen-bond acceptors (Lipinski definition) is 4. The topological polar surface area (TPSA) is 78.6 Å². The van der Waals surface area contributed by atoms with E-state index < -0.39 is 0 Å². The van der Waals surface area contributed by atoms with Crippen LogP contribution in [0.5, 0.6) is 0 Å². The maximum Gasteiger partial charge on any atom is 0.322 e. The van der Waals surface area contributed by atoms with E-state index in [0.717, 1.165) is 5.56 Å². The fourth-order valence-electron chi connectivity index (χ4n) is 2.18. The first kappa shape index (κ1) is 16.0. The zero-order valence-electron chi connectivity index (χ0n) is 12.9. The van der Waals surface area contributed by atoms with Crippen molar-refractivity contribution >= 4 is 11.7 Å². The third-order valence-corrected chi connectivity index (χ3v) is 3.36. The van der Waals surface area contributed by atoms with E-state index in [1.165, 1.54) is 0 Å². The van der Waals surface area contributed by atoms with Crippen LogP contribution in [0.2, 0.25) is 0 Å². The summed E-state index contributed by atoms with van der Waals surface area (Å²) in [5.74, 6) is 0.648. The van der Waals surface area contributed by atoms with Crippen molar-refractivity contribution in [1.29, 1.82) is 0 Å². The molecule has 0 aliphatic rings. The van der Waals surface area contributed by atoms with E-state index in [0.29, 0.717) is 30.1 Å². The molecule has 0 atom stereocenters. The van der Waals surface area contributed by atoms with Crippen LogP contribution in [0, 0.1) is 6.92 Å². The highest BCUT2D eigenvalue weighted by atomic mass is 16.5. The molecular weight excluding hydrogens is 282 g/mol. The lowest BCUT2D eigenvalue weighted by Gasteiger charge is -2.22. The van der Waals surface area contributed by atoms with Crippen molar-refractivity contribution in [2.45, 2.75) is 26.8 Å². The first-order valence-corrected chi connectivity index (χ1v) is 7.31. The normalized spacial score (nSPS) is 10.5. The van der Waals surface area contributed by atoms with Crippen molar-refractivity contribution in [1.82, 2.24) is 10.1 Å². The molecule has 22 heavy (non-hydrogen) atoms. The molecule has 2 amide bonds. The summed E-state index contributed by atoms with van der Waals surface area (Å²) in [6.45, 7) is 4.31. The zero-order valence-corrected chi connectivity index (χ0v) is 12.9. The van der Waals surface area contributed by atoms with Gasteiger partial charge in [0.25, 0.3) is 0 Å². The zero-order chi connectivity index (χ0) is 15.9. The summed E-state index contributed by atoms with van der Waals surface area (Å²) in [5.41, 5.74) is 2.27. The summed E-state index contributed by atoms with van der Waals surface area (Å²) < 4.78 is 5.17. The Labute approximate surface area is 129 Å². The molecular formula is C16H21N3O3. The molecule has 0 radical (unpaired) electrons. The van der Waals surface area contributed by atoms with Crippen LogP contribution in [0.25, 0.3) is 0 Å². The lowest BCUT2D eigenvalue weighted by molar-refractivity contribution is 0.185. The number of nitrogens with one attached hydrogen (secondary N) is 1. The summed E-state index contributed by atoms with van der Waals surface area (Å²) >= 11 is 0. The average molecular weight is 303 g/mol. The molecule has 0 aliphatic heterocycles. The molecule has 6 heteroatoms. The smallest absolute Gasteiger partial charge is 0.322 e. The van der Waals surface area contributed by atoms with Crippen LogP contribution >= 0.6 is 0 Å². The molecule has 0 aliphatic carbocycles. The predicted octanol–water partition coefficient (Wildman–Crippen LogP) is 2.57. The molecule has 1 aromatic carbocycles. The number of aryl methyl sites for hydroxylation is 2. The Bertz CT molecular complexity index is 610. The minimum Gasteiger partial charge on any atom is -0.395 e.